The standard InChI is InChI=1S/C19H12N4O2/c24-19-17-9-15-5-3-13(21-15)7-11-1-2-12(20-11)8-14-4-6-16(22-14)10-18(23-17)25-19/h1-10,20,24H. The molecule has 3 aliphatic heterocycles. The lowest BCUT2D eigenvalue weighted by Crippen LogP contribution is -2.12. The molecule has 0 spiro atoms. The van der Waals surface area contributed by atoms with Gasteiger partial charge in [0.05, 0.1) is 22.8 Å². The van der Waals surface area contributed by atoms with Crippen LogP contribution in [0.3, 0.4) is 0 Å². The summed E-state index contributed by atoms with van der Waals surface area (Å²) in [5.74, 6) is 0.0528. The number of aromatic hydroxyl groups is 1. The molecular formula is C19H12N4O2. The first-order chi connectivity index (χ1) is 12.2. The molecule has 0 radical (unpaired) electrons. The maximum atomic E-state index is 9.96. The summed E-state index contributed by atoms with van der Waals surface area (Å²) in [5, 5.41) is 11.9. The number of rotatable bonds is 0. The Kier molecular flexibility index (Phi) is 2.84. The van der Waals surface area contributed by atoms with Crippen LogP contribution in [0.2, 0.25) is 0 Å². The van der Waals surface area contributed by atoms with Crippen molar-refractivity contribution >= 4 is 35.7 Å². The molecule has 0 atom stereocenters. The van der Waals surface area contributed by atoms with Crippen molar-refractivity contribution in [2.24, 2.45) is 9.98 Å². The number of aliphatic imine (C=N–C) groups is 2. The van der Waals surface area contributed by atoms with Crippen molar-refractivity contribution in [3.8, 4) is 5.95 Å². The third kappa shape index (κ3) is 2.59. The van der Waals surface area contributed by atoms with Gasteiger partial charge < -0.3 is 14.5 Å². The van der Waals surface area contributed by atoms with Crippen molar-refractivity contribution in [1.29, 1.82) is 0 Å². The van der Waals surface area contributed by atoms with Crippen LogP contribution >= 0.6 is 0 Å². The first kappa shape index (κ1) is 13.7. The maximum absolute atomic E-state index is 9.96. The summed E-state index contributed by atoms with van der Waals surface area (Å²) in [4.78, 5) is 16.6. The van der Waals surface area contributed by atoms with Crippen LogP contribution in [0, 0.1) is 0 Å². The molecule has 5 heterocycles. The number of H-pyrrole nitrogens is 1. The average Bonchev–Trinajstić information content (AvgIpc) is 3.33. The zero-order chi connectivity index (χ0) is 16.8. The van der Waals surface area contributed by atoms with Crippen LogP contribution in [0.15, 0.2) is 62.2 Å². The van der Waals surface area contributed by atoms with Gasteiger partial charge in [-0.3, -0.25) is 0 Å². The number of oxazole rings is 1. The molecule has 5 rings (SSSR count). The zero-order valence-corrected chi connectivity index (χ0v) is 13.0. The molecule has 2 aromatic rings. The van der Waals surface area contributed by atoms with Crippen molar-refractivity contribution in [2.45, 2.75) is 0 Å². The van der Waals surface area contributed by atoms with Gasteiger partial charge >= 0.3 is 5.95 Å². The highest BCUT2D eigenvalue weighted by Crippen LogP contribution is 2.25. The van der Waals surface area contributed by atoms with Crippen LogP contribution in [-0.2, 0) is 0 Å². The Balaban J connectivity index is 1.74. The average molecular weight is 328 g/mol. The molecule has 6 heteroatoms. The summed E-state index contributed by atoms with van der Waals surface area (Å²) in [5.41, 5.74) is 3.38. The number of aromatic amines is 1. The molecule has 0 aliphatic carbocycles. The number of allylic oxidation sites excluding steroid dienone is 4. The highest BCUT2D eigenvalue weighted by atomic mass is 16.5. The smallest absolute Gasteiger partial charge is 0.310 e. The summed E-state index contributed by atoms with van der Waals surface area (Å²) >= 11 is 0. The molecule has 0 fully saturated rings. The monoisotopic (exact) mass is 328 g/mol. The van der Waals surface area contributed by atoms with Gasteiger partial charge in [-0.05, 0) is 54.7 Å². The Morgan fingerprint density at radius 2 is 1.44 bits per heavy atom. The molecule has 0 saturated carbocycles. The molecule has 8 bridgehead atoms. The van der Waals surface area contributed by atoms with E-state index >= 15 is 0 Å². The number of hydrogen-bond donors (Lipinski definition) is 2. The topological polar surface area (TPSA) is 86.8 Å². The third-order valence-electron chi connectivity index (χ3n) is 3.91. The normalized spacial score (nSPS) is 17.4. The molecule has 25 heavy (non-hydrogen) atoms. The Hall–Kier alpha value is -3.67. The lowest BCUT2D eigenvalue weighted by Gasteiger charge is -1.89. The van der Waals surface area contributed by atoms with Gasteiger partial charge in [0.15, 0.2) is 0 Å². The second-order valence-electron chi connectivity index (χ2n) is 5.78. The molecule has 3 aliphatic rings. The zero-order valence-electron chi connectivity index (χ0n) is 13.0. The van der Waals surface area contributed by atoms with Crippen LogP contribution in [0.25, 0.3) is 24.3 Å². The van der Waals surface area contributed by atoms with Crippen LogP contribution in [0.4, 0.5) is 0 Å². The summed E-state index contributed by atoms with van der Waals surface area (Å²) in [6.45, 7) is 0. The van der Waals surface area contributed by atoms with Gasteiger partial charge in [-0.25, -0.2) is 15.0 Å². The van der Waals surface area contributed by atoms with Crippen LogP contribution in [0.5, 0.6) is 5.95 Å². The molecule has 2 N–H and O–H groups in total. The van der Waals surface area contributed by atoms with Crippen molar-refractivity contribution in [3.05, 3.63) is 70.1 Å². The number of aromatic nitrogens is 2. The van der Waals surface area contributed by atoms with E-state index in [1.165, 1.54) is 0 Å². The minimum Gasteiger partial charge on any atom is -0.479 e. The Morgan fingerprint density at radius 1 is 0.800 bits per heavy atom. The lowest BCUT2D eigenvalue weighted by molar-refractivity contribution is 0.328. The molecule has 0 amide bonds. The van der Waals surface area contributed by atoms with Crippen molar-refractivity contribution in [2.75, 3.05) is 0 Å². The van der Waals surface area contributed by atoms with Gasteiger partial charge in [0.2, 0.25) is 5.89 Å². The van der Waals surface area contributed by atoms with E-state index in [9.17, 15) is 5.11 Å². The van der Waals surface area contributed by atoms with E-state index in [1.54, 1.807) is 12.2 Å². The maximum Gasteiger partial charge on any atom is 0.310 e. The number of nitrogens with zero attached hydrogens (tertiary/aromatic N) is 3. The highest BCUT2D eigenvalue weighted by Gasteiger charge is 2.12. The molecule has 0 saturated heterocycles. The van der Waals surface area contributed by atoms with Crippen LogP contribution < -0.4 is 10.7 Å². The predicted molar refractivity (Wildman–Crippen MR) is 96.2 cm³/mol. The van der Waals surface area contributed by atoms with Crippen LogP contribution in [-0.4, -0.2) is 26.5 Å². The summed E-state index contributed by atoms with van der Waals surface area (Å²) < 4.78 is 5.29. The van der Waals surface area contributed by atoms with Crippen molar-refractivity contribution < 1.29 is 9.52 Å². The van der Waals surface area contributed by atoms with E-state index in [2.05, 4.69) is 20.0 Å². The fourth-order valence-electron chi connectivity index (χ4n) is 2.79. The molecule has 0 aromatic carbocycles. The van der Waals surface area contributed by atoms with E-state index < -0.39 is 0 Å². The summed E-state index contributed by atoms with van der Waals surface area (Å²) in [6, 6.07) is 3.99. The first-order valence-electron chi connectivity index (χ1n) is 7.76. The summed E-state index contributed by atoms with van der Waals surface area (Å²) in [7, 11) is 0. The highest BCUT2D eigenvalue weighted by molar-refractivity contribution is 6.20. The van der Waals surface area contributed by atoms with E-state index in [4.69, 9.17) is 4.42 Å². The van der Waals surface area contributed by atoms with E-state index in [-0.39, 0.29) is 5.95 Å². The Bertz CT molecular complexity index is 1200. The third-order valence-corrected chi connectivity index (χ3v) is 3.91. The van der Waals surface area contributed by atoms with Gasteiger partial charge in [-0.1, -0.05) is 0 Å². The van der Waals surface area contributed by atoms with E-state index in [1.807, 2.05) is 48.6 Å². The summed E-state index contributed by atoms with van der Waals surface area (Å²) in [6.07, 6.45) is 14.8. The minimum atomic E-state index is -0.240. The van der Waals surface area contributed by atoms with Crippen molar-refractivity contribution in [3.63, 3.8) is 0 Å². The van der Waals surface area contributed by atoms with Gasteiger partial charge in [0, 0.05) is 16.8 Å². The second-order valence-corrected chi connectivity index (χ2v) is 5.78. The number of fused-ring (bicyclic) bond motifs is 6. The quantitative estimate of drug-likeness (QED) is 0.771. The fraction of sp³-hybridized carbons (Fsp3) is 0. The Labute approximate surface area is 142 Å². The number of nitrogens with one attached hydrogen (secondary N) is 1. The Morgan fingerprint density at radius 3 is 2.12 bits per heavy atom. The molecule has 2 aromatic heterocycles. The molecular weight excluding hydrogens is 316 g/mol. The lowest BCUT2D eigenvalue weighted by atomic mass is 10.3. The van der Waals surface area contributed by atoms with E-state index in [0.29, 0.717) is 23.0 Å². The minimum absolute atomic E-state index is 0.240. The number of hydrogen-bond acceptors (Lipinski definition) is 5. The predicted octanol–water partition coefficient (Wildman–Crippen LogP) is 1.69. The van der Waals surface area contributed by atoms with Gasteiger partial charge in [-0.2, -0.15) is 0 Å². The van der Waals surface area contributed by atoms with Gasteiger partial charge in [-0.15, -0.1) is 0 Å². The molecule has 120 valence electrons. The largest absolute Gasteiger partial charge is 0.479 e. The molecule has 0 unspecified atom stereocenters. The van der Waals surface area contributed by atoms with Crippen molar-refractivity contribution in [1.82, 2.24) is 9.97 Å². The van der Waals surface area contributed by atoms with E-state index in [0.717, 1.165) is 22.1 Å². The first-order valence-corrected chi connectivity index (χ1v) is 7.76. The second kappa shape index (κ2) is 5.17. The molecule has 6 nitrogen and oxygen atoms in total. The fourth-order valence-corrected chi connectivity index (χ4v) is 2.79. The van der Waals surface area contributed by atoms with Crippen LogP contribution in [0.1, 0.15) is 11.6 Å². The SMILES string of the molecule is Oc1oc2nc1C=C1C=CC(=N1)C=c1ccc([nH]1)=CC1=NC(=C2)C=C1. The van der Waals surface area contributed by atoms with Gasteiger partial charge in [0.25, 0.3) is 0 Å². The van der Waals surface area contributed by atoms with Gasteiger partial charge in [0.1, 0.15) is 5.69 Å².